The number of rotatable bonds is 2. The minimum atomic E-state index is 0.402. The average molecular weight is 289 g/mol. The highest BCUT2D eigenvalue weighted by Crippen LogP contribution is 2.44. The van der Waals surface area contributed by atoms with E-state index in [1.54, 1.807) is 6.20 Å². The second-order valence-electron chi connectivity index (χ2n) is 4.79. The van der Waals surface area contributed by atoms with Crippen molar-refractivity contribution in [2.75, 3.05) is 0 Å². The van der Waals surface area contributed by atoms with Crippen molar-refractivity contribution in [2.45, 2.75) is 37.4 Å². The van der Waals surface area contributed by atoms with Gasteiger partial charge in [-0.2, -0.15) is 0 Å². The number of hydrogen-bond donors (Lipinski definition) is 0. The Kier molecular flexibility index (Phi) is 3.36. The van der Waals surface area contributed by atoms with Crippen molar-refractivity contribution < 1.29 is 0 Å². The van der Waals surface area contributed by atoms with E-state index in [0.29, 0.717) is 10.2 Å². The van der Waals surface area contributed by atoms with Crippen molar-refractivity contribution in [1.82, 2.24) is 4.98 Å². The maximum atomic E-state index is 6.13. The standard InChI is InChI=1S/C12H15BrClN/c1-12(4-2-10(13)7-12)6-9-3-5-15-8-11(9)14/h3,5,8,10H,2,4,6-7H2,1H3. The summed E-state index contributed by atoms with van der Waals surface area (Å²) in [5.41, 5.74) is 1.63. The summed E-state index contributed by atoms with van der Waals surface area (Å²) in [6.45, 7) is 2.35. The van der Waals surface area contributed by atoms with Crippen LogP contribution in [-0.2, 0) is 6.42 Å². The lowest BCUT2D eigenvalue weighted by Gasteiger charge is -2.24. The van der Waals surface area contributed by atoms with Gasteiger partial charge in [-0.05, 0) is 42.7 Å². The molecule has 0 aromatic carbocycles. The van der Waals surface area contributed by atoms with Gasteiger partial charge in [-0.25, -0.2) is 0 Å². The van der Waals surface area contributed by atoms with Gasteiger partial charge in [0.15, 0.2) is 0 Å². The third-order valence-electron chi connectivity index (χ3n) is 3.25. The van der Waals surface area contributed by atoms with Crippen molar-refractivity contribution in [3.8, 4) is 0 Å². The summed E-state index contributed by atoms with van der Waals surface area (Å²) < 4.78 is 0. The molecule has 15 heavy (non-hydrogen) atoms. The summed E-state index contributed by atoms with van der Waals surface area (Å²) in [5.74, 6) is 0. The van der Waals surface area contributed by atoms with E-state index in [0.717, 1.165) is 11.4 Å². The van der Waals surface area contributed by atoms with Crippen molar-refractivity contribution in [2.24, 2.45) is 5.41 Å². The Hall–Kier alpha value is -0.0800. The number of alkyl halides is 1. The van der Waals surface area contributed by atoms with E-state index in [1.165, 1.54) is 24.8 Å². The van der Waals surface area contributed by atoms with Crippen LogP contribution in [0.25, 0.3) is 0 Å². The molecular formula is C12H15BrClN. The lowest BCUT2D eigenvalue weighted by atomic mass is 9.82. The topological polar surface area (TPSA) is 12.9 Å². The zero-order chi connectivity index (χ0) is 10.9. The normalized spacial score (nSPS) is 30.7. The van der Waals surface area contributed by atoms with Gasteiger partial charge in [-0.15, -0.1) is 0 Å². The zero-order valence-corrected chi connectivity index (χ0v) is 11.2. The van der Waals surface area contributed by atoms with E-state index in [4.69, 9.17) is 11.6 Å². The third kappa shape index (κ3) is 2.73. The number of halogens is 2. The lowest BCUT2D eigenvalue weighted by Crippen LogP contribution is -2.16. The van der Waals surface area contributed by atoms with Gasteiger partial charge in [-0.3, -0.25) is 4.98 Å². The van der Waals surface area contributed by atoms with Gasteiger partial charge in [0.25, 0.3) is 0 Å². The Morgan fingerprint density at radius 2 is 2.47 bits per heavy atom. The Morgan fingerprint density at radius 3 is 3.07 bits per heavy atom. The van der Waals surface area contributed by atoms with Crippen LogP contribution in [0.4, 0.5) is 0 Å². The van der Waals surface area contributed by atoms with Crippen LogP contribution in [0.5, 0.6) is 0 Å². The minimum Gasteiger partial charge on any atom is -0.263 e. The molecule has 1 aromatic rings. The SMILES string of the molecule is CC1(Cc2ccncc2Cl)CCC(Br)C1. The highest BCUT2D eigenvalue weighted by atomic mass is 79.9. The van der Waals surface area contributed by atoms with Gasteiger partial charge in [0.05, 0.1) is 5.02 Å². The monoisotopic (exact) mass is 287 g/mol. The fraction of sp³-hybridized carbons (Fsp3) is 0.583. The third-order valence-corrected chi connectivity index (χ3v) is 4.37. The maximum Gasteiger partial charge on any atom is 0.0621 e. The van der Waals surface area contributed by atoms with E-state index >= 15 is 0 Å². The largest absolute Gasteiger partial charge is 0.263 e. The molecule has 0 N–H and O–H groups in total. The molecule has 1 aromatic heterocycles. The van der Waals surface area contributed by atoms with E-state index in [-0.39, 0.29) is 0 Å². The lowest BCUT2D eigenvalue weighted by molar-refractivity contribution is 0.336. The first-order valence-electron chi connectivity index (χ1n) is 5.31. The first-order chi connectivity index (χ1) is 7.09. The quantitative estimate of drug-likeness (QED) is 0.742. The predicted octanol–water partition coefficient (Wildman–Crippen LogP) is 4.23. The van der Waals surface area contributed by atoms with Crippen LogP contribution in [-0.4, -0.2) is 9.81 Å². The first kappa shape index (κ1) is 11.4. The fourth-order valence-corrected chi connectivity index (χ4v) is 3.61. The molecule has 2 rings (SSSR count). The molecule has 0 aliphatic heterocycles. The second kappa shape index (κ2) is 4.42. The van der Waals surface area contributed by atoms with Crippen LogP contribution in [0.1, 0.15) is 31.7 Å². The molecule has 1 nitrogen and oxygen atoms in total. The van der Waals surface area contributed by atoms with Crippen LogP contribution in [0, 0.1) is 5.41 Å². The van der Waals surface area contributed by atoms with Crippen molar-refractivity contribution >= 4 is 27.5 Å². The van der Waals surface area contributed by atoms with Gasteiger partial charge in [0, 0.05) is 17.2 Å². The average Bonchev–Trinajstić information content (AvgIpc) is 2.51. The molecule has 1 aliphatic carbocycles. The number of pyridine rings is 1. The van der Waals surface area contributed by atoms with Crippen molar-refractivity contribution in [3.63, 3.8) is 0 Å². The van der Waals surface area contributed by atoms with Crippen LogP contribution < -0.4 is 0 Å². The molecule has 1 aliphatic rings. The van der Waals surface area contributed by atoms with Crippen molar-refractivity contribution in [1.29, 1.82) is 0 Å². The Morgan fingerprint density at radius 1 is 1.67 bits per heavy atom. The van der Waals surface area contributed by atoms with E-state index in [1.807, 2.05) is 12.3 Å². The Labute approximate surface area is 104 Å². The van der Waals surface area contributed by atoms with E-state index in [9.17, 15) is 0 Å². The Balaban J connectivity index is 2.12. The summed E-state index contributed by atoms with van der Waals surface area (Å²) in [4.78, 5) is 4.70. The molecule has 2 atom stereocenters. The van der Waals surface area contributed by atoms with Gasteiger partial charge < -0.3 is 0 Å². The number of aromatic nitrogens is 1. The molecule has 0 spiro atoms. The van der Waals surface area contributed by atoms with Gasteiger partial charge >= 0.3 is 0 Å². The van der Waals surface area contributed by atoms with Crippen LogP contribution in [0.3, 0.4) is 0 Å². The highest BCUT2D eigenvalue weighted by molar-refractivity contribution is 9.09. The highest BCUT2D eigenvalue weighted by Gasteiger charge is 2.34. The summed E-state index contributed by atoms with van der Waals surface area (Å²) >= 11 is 9.83. The molecule has 0 radical (unpaired) electrons. The summed E-state index contributed by atoms with van der Waals surface area (Å²) in [6.07, 6.45) is 8.43. The van der Waals surface area contributed by atoms with Gasteiger partial charge in [-0.1, -0.05) is 34.5 Å². The molecule has 0 amide bonds. The van der Waals surface area contributed by atoms with Gasteiger partial charge in [0.1, 0.15) is 0 Å². The summed E-state index contributed by atoms with van der Waals surface area (Å²) in [6, 6.07) is 2.04. The predicted molar refractivity (Wildman–Crippen MR) is 67.6 cm³/mol. The van der Waals surface area contributed by atoms with Crippen LogP contribution >= 0.6 is 27.5 Å². The Bertz CT molecular complexity index is 355. The molecule has 1 fully saturated rings. The number of hydrogen-bond acceptors (Lipinski definition) is 1. The maximum absolute atomic E-state index is 6.13. The molecule has 0 saturated heterocycles. The molecule has 3 heteroatoms. The molecule has 0 bridgehead atoms. The fourth-order valence-electron chi connectivity index (χ4n) is 2.41. The van der Waals surface area contributed by atoms with E-state index < -0.39 is 0 Å². The molecule has 1 saturated carbocycles. The van der Waals surface area contributed by atoms with E-state index in [2.05, 4.69) is 27.8 Å². The van der Waals surface area contributed by atoms with Gasteiger partial charge in [0.2, 0.25) is 0 Å². The minimum absolute atomic E-state index is 0.402. The van der Waals surface area contributed by atoms with Crippen LogP contribution in [0.2, 0.25) is 5.02 Å². The zero-order valence-electron chi connectivity index (χ0n) is 8.84. The smallest absolute Gasteiger partial charge is 0.0621 e. The second-order valence-corrected chi connectivity index (χ2v) is 6.50. The molecule has 2 unspecified atom stereocenters. The molecule has 1 heterocycles. The molecule has 82 valence electrons. The summed E-state index contributed by atoms with van der Waals surface area (Å²) in [7, 11) is 0. The van der Waals surface area contributed by atoms with Crippen molar-refractivity contribution in [3.05, 3.63) is 29.0 Å². The molecular weight excluding hydrogens is 273 g/mol. The number of nitrogens with zero attached hydrogens (tertiary/aromatic N) is 1. The van der Waals surface area contributed by atoms with Crippen LogP contribution in [0.15, 0.2) is 18.5 Å². The summed E-state index contributed by atoms with van der Waals surface area (Å²) in [5, 5.41) is 0.803. The first-order valence-corrected chi connectivity index (χ1v) is 6.61.